The highest BCUT2D eigenvalue weighted by Crippen LogP contribution is 2.37. The molecule has 0 saturated carbocycles. The first-order valence-corrected chi connectivity index (χ1v) is 15.1. The fourth-order valence-electron chi connectivity index (χ4n) is 6.50. The van der Waals surface area contributed by atoms with Gasteiger partial charge in [-0.05, 0) is 74.5 Å². The first kappa shape index (κ1) is 31.4. The summed E-state index contributed by atoms with van der Waals surface area (Å²) in [4.78, 5) is 50.9. The predicted octanol–water partition coefficient (Wildman–Crippen LogP) is 8.01. The third-order valence-corrected chi connectivity index (χ3v) is 8.38. The lowest BCUT2D eigenvalue weighted by molar-refractivity contribution is -0.130. The first-order valence-electron chi connectivity index (χ1n) is 15.1. The molecule has 0 radical (unpaired) electrons. The Morgan fingerprint density at radius 3 is 2.45 bits per heavy atom. The molecule has 214 valence electrons. The smallest absolute Gasteiger partial charge is 0.163 e. The van der Waals surface area contributed by atoms with E-state index < -0.39 is 0 Å². The highest BCUT2D eigenvalue weighted by atomic mass is 16.1. The van der Waals surface area contributed by atoms with E-state index in [2.05, 4.69) is 25.2 Å². The number of carbonyl (C=O) groups excluding carboxylic acids is 4. The molecule has 2 aliphatic rings. The summed E-state index contributed by atoms with van der Waals surface area (Å²) in [6.45, 7) is 7.61. The van der Waals surface area contributed by atoms with Crippen molar-refractivity contribution in [1.29, 1.82) is 0 Å². The van der Waals surface area contributed by atoms with Crippen LogP contribution in [0.1, 0.15) is 106 Å². The largest absolute Gasteiger partial charge is 0.300 e. The average molecular weight is 543 g/mol. The van der Waals surface area contributed by atoms with Crippen molar-refractivity contribution in [3.63, 3.8) is 0 Å². The van der Waals surface area contributed by atoms with Crippen molar-refractivity contribution in [3.05, 3.63) is 82.5 Å². The van der Waals surface area contributed by atoms with Gasteiger partial charge in [0.05, 0.1) is 6.42 Å². The lowest BCUT2D eigenvalue weighted by Gasteiger charge is -2.32. The normalized spacial score (nSPS) is 22.2. The van der Waals surface area contributed by atoms with Crippen molar-refractivity contribution in [3.8, 4) is 0 Å². The molecule has 0 bridgehead atoms. The highest BCUT2D eigenvalue weighted by Gasteiger charge is 2.33. The van der Waals surface area contributed by atoms with Gasteiger partial charge in [0.25, 0.3) is 0 Å². The summed E-state index contributed by atoms with van der Waals surface area (Å²) < 4.78 is 0. The Morgan fingerprint density at radius 1 is 0.975 bits per heavy atom. The fourth-order valence-corrected chi connectivity index (χ4v) is 6.50. The van der Waals surface area contributed by atoms with Gasteiger partial charge >= 0.3 is 0 Å². The van der Waals surface area contributed by atoms with E-state index in [-0.39, 0.29) is 47.3 Å². The maximum atomic E-state index is 13.4. The van der Waals surface area contributed by atoms with Crippen LogP contribution in [0.5, 0.6) is 0 Å². The molecule has 0 aromatic heterocycles. The number of hydrogen-bond donors (Lipinski definition) is 0. The van der Waals surface area contributed by atoms with E-state index in [0.29, 0.717) is 19.3 Å². The van der Waals surface area contributed by atoms with E-state index in [1.54, 1.807) is 0 Å². The number of Topliss-reactive ketones (excluding diaryl/α,β-unsaturated/α-hetero) is 4. The molecule has 0 N–H and O–H groups in total. The minimum atomic E-state index is -0.125. The topological polar surface area (TPSA) is 68.3 Å². The molecule has 3 unspecified atom stereocenters. The van der Waals surface area contributed by atoms with Crippen molar-refractivity contribution < 1.29 is 19.2 Å². The number of allylic oxidation sites excluding steroid dienone is 8. The zero-order valence-electron chi connectivity index (χ0n) is 24.8. The molecule has 3 atom stereocenters. The molecule has 0 aliphatic heterocycles. The van der Waals surface area contributed by atoms with E-state index in [4.69, 9.17) is 0 Å². The molecule has 2 aliphatic carbocycles. The van der Waals surface area contributed by atoms with Crippen LogP contribution in [0.25, 0.3) is 0 Å². The molecule has 0 saturated heterocycles. The van der Waals surface area contributed by atoms with Crippen LogP contribution in [-0.4, -0.2) is 23.1 Å². The number of hydrogen-bond acceptors (Lipinski definition) is 4. The van der Waals surface area contributed by atoms with Gasteiger partial charge in [-0.15, -0.1) is 0 Å². The van der Waals surface area contributed by atoms with E-state index in [1.807, 2.05) is 50.3 Å². The summed E-state index contributed by atoms with van der Waals surface area (Å²) in [6, 6.07) is 4.07. The zero-order chi connectivity index (χ0) is 29.1. The molecular weight excluding hydrogens is 496 g/mol. The third-order valence-electron chi connectivity index (χ3n) is 8.38. The van der Waals surface area contributed by atoms with Crippen molar-refractivity contribution in [2.45, 2.75) is 98.3 Å². The molecule has 4 nitrogen and oxygen atoms in total. The van der Waals surface area contributed by atoms with Gasteiger partial charge < -0.3 is 0 Å². The monoisotopic (exact) mass is 542 g/mol. The molecule has 0 amide bonds. The molecule has 1 aromatic carbocycles. The Labute approximate surface area is 240 Å². The number of fused-ring (bicyclic) bond motifs is 1. The fraction of sp³-hybridized carbons (Fsp3) is 0.500. The van der Waals surface area contributed by atoms with Gasteiger partial charge in [-0.1, -0.05) is 86.9 Å². The Kier molecular flexibility index (Phi) is 12.2. The van der Waals surface area contributed by atoms with Crippen LogP contribution in [0, 0.1) is 24.7 Å². The molecule has 0 fully saturated rings. The van der Waals surface area contributed by atoms with Crippen molar-refractivity contribution in [1.82, 2.24) is 0 Å². The van der Waals surface area contributed by atoms with Gasteiger partial charge in [0.1, 0.15) is 17.3 Å². The van der Waals surface area contributed by atoms with Crippen molar-refractivity contribution >= 4 is 23.1 Å². The number of benzene rings is 1. The quantitative estimate of drug-likeness (QED) is 0.237. The van der Waals surface area contributed by atoms with Crippen LogP contribution in [0.2, 0.25) is 0 Å². The molecular formula is C36H46O4. The minimum Gasteiger partial charge on any atom is -0.300 e. The molecule has 1 aromatic rings. The van der Waals surface area contributed by atoms with Crippen LogP contribution in [0.15, 0.2) is 60.2 Å². The molecule has 3 rings (SSSR count). The maximum absolute atomic E-state index is 13.4. The number of ketones is 4. The molecule has 0 heterocycles. The van der Waals surface area contributed by atoms with Crippen LogP contribution >= 0.6 is 0 Å². The summed E-state index contributed by atoms with van der Waals surface area (Å²) in [5, 5.41) is 0. The molecule has 40 heavy (non-hydrogen) atoms. The predicted molar refractivity (Wildman–Crippen MR) is 162 cm³/mol. The van der Waals surface area contributed by atoms with E-state index in [0.717, 1.165) is 72.8 Å². The second-order valence-corrected chi connectivity index (χ2v) is 11.7. The summed E-state index contributed by atoms with van der Waals surface area (Å²) in [6.07, 6.45) is 21.5. The van der Waals surface area contributed by atoms with Gasteiger partial charge in [0.15, 0.2) is 5.78 Å². The van der Waals surface area contributed by atoms with Gasteiger partial charge in [0, 0.05) is 30.7 Å². The number of carbonyl (C=O) groups is 4. The van der Waals surface area contributed by atoms with Crippen LogP contribution < -0.4 is 0 Å². The van der Waals surface area contributed by atoms with Gasteiger partial charge in [0.2, 0.25) is 0 Å². The maximum Gasteiger partial charge on any atom is 0.163 e. The molecule has 0 spiro atoms. The van der Waals surface area contributed by atoms with Gasteiger partial charge in [-0.2, -0.15) is 0 Å². The number of rotatable bonds is 13. The second-order valence-electron chi connectivity index (χ2n) is 11.7. The summed E-state index contributed by atoms with van der Waals surface area (Å²) >= 11 is 0. The van der Waals surface area contributed by atoms with Gasteiger partial charge in [-0.3, -0.25) is 19.2 Å². The first-order chi connectivity index (χ1) is 19.2. The van der Waals surface area contributed by atoms with E-state index in [1.165, 1.54) is 6.92 Å². The Balaban J connectivity index is 1.71. The lowest BCUT2D eigenvalue weighted by Crippen LogP contribution is -2.30. The summed E-state index contributed by atoms with van der Waals surface area (Å²) in [5.74, 6) is 0.534. The standard InChI is InChI=1S/C36H46O4/c1-5-14-30(33(6-2)34(39)19-25(3)37)20-28-21-31-18-17-29(26(4)36(31)35(40)23-28)24-32(38)22-27-15-12-10-8-7-9-11-13-16-27/h7-8,10-13,16-18,28,30,33H,5-6,9,14-15,19-24H2,1-4H3/b8-7-,12-10-,13-11-,27-16+. The molecule has 4 heteroatoms. The summed E-state index contributed by atoms with van der Waals surface area (Å²) in [7, 11) is 0. The van der Waals surface area contributed by atoms with Crippen molar-refractivity contribution in [2.75, 3.05) is 0 Å². The van der Waals surface area contributed by atoms with E-state index >= 15 is 0 Å². The van der Waals surface area contributed by atoms with Crippen LogP contribution in [0.4, 0.5) is 0 Å². The Bertz CT molecular complexity index is 1210. The summed E-state index contributed by atoms with van der Waals surface area (Å²) in [5.41, 5.74) is 4.83. The zero-order valence-corrected chi connectivity index (χ0v) is 24.8. The van der Waals surface area contributed by atoms with Crippen LogP contribution in [0.3, 0.4) is 0 Å². The third kappa shape index (κ3) is 8.94. The Morgan fingerprint density at radius 2 is 1.73 bits per heavy atom. The van der Waals surface area contributed by atoms with Crippen LogP contribution in [-0.2, 0) is 27.2 Å². The minimum absolute atomic E-state index is 0.00781. The van der Waals surface area contributed by atoms with E-state index in [9.17, 15) is 19.2 Å². The SMILES string of the molecule is CCCC(CC1CC(=O)c2c(ccc(CC(=O)C/C3=C/C=C\C/C=C\C=C/C3)c2C)C1)C(CC)C(=O)CC(C)=O. The van der Waals surface area contributed by atoms with Crippen molar-refractivity contribution in [2.24, 2.45) is 17.8 Å². The van der Waals surface area contributed by atoms with Gasteiger partial charge in [-0.25, -0.2) is 0 Å². The Hall–Kier alpha value is -3.14. The average Bonchev–Trinajstić information content (AvgIpc) is 2.89. The lowest BCUT2D eigenvalue weighted by atomic mass is 9.72. The highest BCUT2D eigenvalue weighted by molar-refractivity contribution is 6.01. The second kappa shape index (κ2) is 15.6.